The zero-order chi connectivity index (χ0) is 21.3. The van der Waals surface area contributed by atoms with E-state index in [1.165, 1.54) is 22.0 Å². The van der Waals surface area contributed by atoms with Gasteiger partial charge in [-0.3, -0.25) is 0 Å². The number of hydrogen-bond donors (Lipinski definition) is 3. The zero-order valence-corrected chi connectivity index (χ0v) is 18.5. The van der Waals surface area contributed by atoms with Gasteiger partial charge in [0.15, 0.2) is 11.8 Å². The Bertz CT molecular complexity index is 973. The molecule has 0 fully saturated rings. The summed E-state index contributed by atoms with van der Waals surface area (Å²) in [5.74, 6) is 2.51. The Morgan fingerprint density at radius 2 is 2.03 bits per heavy atom. The van der Waals surface area contributed by atoms with Crippen molar-refractivity contribution < 1.29 is 4.74 Å². The van der Waals surface area contributed by atoms with E-state index in [0.717, 1.165) is 56.8 Å². The number of aromatic amines is 1. The summed E-state index contributed by atoms with van der Waals surface area (Å²) < 4.78 is 7.38. The van der Waals surface area contributed by atoms with Gasteiger partial charge in [-0.2, -0.15) is 0 Å². The minimum atomic E-state index is 0.477. The standard InChI is InChI=1S/C22H33N7O/c1-5-30-12-6-10-23-22(26-15-21-28-27-17(3)29(21)4)24-11-9-18-14-25-20-13-16(2)7-8-19(18)20/h7-8,13-14,25H,5-6,9-12,15H2,1-4H3,(H2,23,24,26). The van der Waals surface area contributed by atoms with Crippen molar-refractivity contribution in [2.75, 3.05) is 26.3 Å². The van der Waals surface area contributed by atoms with E-state index in [1.807, 2.05) is 25.5 Å². The Kier molecular flexibility index (Phi) is 7.84. The van der Waals surface area contributed by atoms with E-state index in [-0.39, 0.29) is 0 Å². The SMILES string of the molecule is CCOCCCNC(=NCc1nnc(C)n1C)NCCc1c[nH]c2cc(C)ccc12. The molecule has 2 heterocycles. The smallest absolute Gasteiger partial charge is 0.191 e. The van der Waals surface area contributed by atoms with Gasteiger partial charge in [-0.05, 0) is 50.8 Å². The third kappa shape index (κ3) is 5.82. The third-order valence-electron chi connectivity index (χ3n) is 5.13. The van der Waals surface area contributed by atoms with Crippen molar-refractivity contribution in [3.05, 3.63) is 47.2 Å². The second-order valence-corrected chi connectivity index (χ2v) is 7.40. The molecular formula is C22H33N7O. The first-order chi connectivity index (χ1) is 14.6. The van der Waals surface area contributed by atoms with Gasteiger partial charge in [0.1, 0.15) is 12.4 Å². The molecule has 0 saturated carbocycles. The van der Waals surface area contributed by atoms with E-state index in [1.54, 1.807) is 0 Å². The number of guanidine groups is 1. The van der Waals surface area contributed by atoms with Crippen molar-refractivity contribution in [3.8, 4) is 0 Å². The van der Waals surface area contributed by atoms with Crippen LogP contribution in [0.15, 0.2) is 29.4 Å². The summed E-state index contributed by atoms with van der Waals surface area (Å²) in [5, 5.41) is 16.4. The number of fused-ring (bicyclic) bond motifs is 1. The van der Waals surface area contributed by atoms with E-state index in [4.69, 9.17) is 9.73 Å². The van der Waals surface area contributed by atoms with E-state index in [2.05, 4.69) is 57.1 Å². The molecule has 1 aromatic carbocycles. The molecule has 0 aliphatic rings. The van der Waals surface area contributed by atoms with Crippen LogP contribution < -0.4 is 10.6 Å². The Hall–Kier alpha value is -2.87. The minimum Gasteiger partial charge on any atom is -0.382 e. The summed E-state index contributed by atoms with van der Waals surface area (Å²) >= 11 is 0. The van der Waals surface area contributed by atoms with E-state index < -0.39 is 0 Å². The molecule has 0 bridgehead atoms. The van der Waals surface area contributed by atoms with Gasteiger partial charge < -0.3 is 24.9 Å². The van der Waals surface area contributed by atoms with E-state index >= 15 is 0 Å². The van der Waals surface area contributed by atoms with Gasteiger partial charge in [0.25, 0.3) is 0 Å². The lowest BCUT2D eigenvalue weighted by Gasteiger charge is -2.12. The van der Waals surface area contributed by atoms with Gasteiger partial charge in [-0.25, -0.2) is 4.99 Å². The van der Waals surface area contributed by atoms with Crippen LogP contribution >= 0.6 is 0 Å². The third-order valence-corrected chi connectivity index (χ3v) is 5.13. The number of ether oxygens (including phenoxy) is 1. The molecule has 3 rings (SSSR count). The first-order valence-electron chi connectivity index (χ1n) is 10.6. The summed E-state index contributed by atoms with van der Waals surface area (Å²) in [6.45, 7) is 9.62. The van der Waals surface area contributed by atoms with Crippen molar-refractivity contribution in [3.63, 3.8) is 0 Å². The molecule has 162 valence electrons. The van der Waals surface area contributed by atoms with Crippen molar-refractivity contribution in [1.29, 1.82) is 0 Å². The molecule has 30 heavy (non-hydrogen) atoms. The number of rotatable bonds is 10. The second-order valence-electron chi connectivity index (χ2n) is 7.40. The Morgan fingerprint density at radius 1 is 1.20 bits per heavy atom. The first-order valence-corrected chi connectivity index (χ1v) is 10.6. The van der Waals surface area contributed by atoms with Crippen LogP contribution in [0.1, 0.15) is 36.1 Å². The summed E-state index contributed by atoms with van der Waals surface area (Å²) in [7, 11) is 1.96. The summed E-state index contributed by atoms with van der Waals surface area (Å²) in [6, 6.07) is 6.53. The number of aliphatic imine (C=N–C) groups is 1. The zero-order valence-electron chi connectivity index (χ0n) is 18.5. The average Bonchev–Trinajstić information content (AvgIpc) is 3.28. The largest absolute Gasteiger partial charge is 0.382 e. The molecule has 0 aliphatic carbocycles. The van der Waals surface area contributed by atoms with Crippen LogP contribution in [0.2, 0.25) is 0 Å². The molecule has 0 atom stereocenters. The maximum Gasteiger partial charge on any atom is 0.191 e. The Morgan fingerprint density at radius 3 is 2.80 bits per heavy atom. The Labute approximate surface area is 178 Å². The highest BCUT2D eigenvalue weighted by Gasteiger charge is 2.07. The van der Waals surface area contributed by atoms with Crippen molar-refractivity contribution in [2.24, 2.45) is 12.0 Å². The van der Waals surface area contributed by atoms with Crippen molar-refractivity contribution in [1.82, 2.24) is 30.4 Å². The minimum absolute atomic E-state index is 0.477. The summed E-state index contributed by atoms with van der Waals surface area (Å²) in [4.78, 5) is 8.07. The van der Waals surface area contributed by atoms with Crippen molar-refractivity contribution >= 4 is 16.9 Å². The normalized spacial score (nSPS) is 11.9. The van der Waals surface area contributed by atoms with Gasteiger partial charge in [-0.1, -0.05) is 12.1 Å². The van der Waals surface area contributed by atoms with Gasteiger partial charge in [0, 0.05) is 50.5 Å². The van der Waals surface area contributed by atoms with Gasteiger partial charge in [0.05, 0.1) is 0 Å². The molecule has 3 N–H and O–H groups in total. The molecule has 0 saturated heterocycles. The lowest BCUT2D eigenvalue weighted by molar-refractivity contribution is 0.145. The average molecular weight is 412 g/mol. The van der Waals surface area contributed by atoms with Crippen LogP contribution in [0.4, 0.5) is 0 Å². The highest BCUT2D eigenvalue weighted by Crippen LogP contribution is 2.19. The number of nitrogens with zero attached hydrogens (tertiary/aromatic N) is 4. The van der Waals surface area contributed by atoms with Crippen LogP contribution in [0.3, 0.4) is 0 Å². The van der Waals surface area contributed by atoms with Gasteiger partial charge in [-0.15, -0.1) is 10.2 Å². The van der Waals surface area contributed by atoms with Crippen LogP contribution in [0.5, 0.6) is 0 Å². The van der Waals surface area contributed by atoms with Crippen LogP contribution in [0, 0.1) is 13.8 Å². The lowest BCUT2D eigenvalue weighted by atomic mass is 10.1. The van der Waals surface area contributed by atoms with E-state index in [9.17, 15) is 0 Å². The second kappa shape index (κ2) is 10.8. The molecule has 0 unspecified atom stereocenters. The van der Waals surface area contributed by atoms with Crippen LogP contribution in [-0.2, 0) is 24.8 Å². The predicted molar refractivity (Wildman–Crippen MR) is 121 cm³/mol. The first kappa shape index (κ1) is 21.8. The monoisotopic (exact) mass is 411 g/mol. The molecular weight excluding hydrogens is 378 g/mol. The lowest BCUT2D eigenvalue weighted by Crippen LogP contribution is -2.39. The highest BCUT2D eigenvalue weighted by molar-refractivity contribution is 5.84. The van der Waals surface area contributed by atoms with Gasteiger partial charge in [0.2, 0.25) is 0 Å². The number of H-pyrrole nitrogens is 1. The molecule has 0 amide bonds. The molecule has 8 nitrogen and oxygen atoms in total. The fourth-order valence-electron chi connectivity index (χ4n) is 3.26. The molecule has 8 heteroatoms. The molecule has 2 aromatic heterocycles. The summed E-state index contributed by atoms with van der Waals surface area (Å²) in [6.07, 6.45) is 3.94. The number of benzene rings is 1. The van der Waals surface area contributed by atoms with Crippen LogP contribution in [-0.4, -0.2) is 52.0 Å². The molecule has 0 aliphatic heterocycles. The Balaban J connectivity index is 1.59. The van der Waals surface area contributed by atoms with Crippen LogP contribution in [0.25, 0.3) is 10.9 Å². The predicted octanol–water partition coefficient (Wildman–Crippen LogP) is 2.62. The number of nitrogens with one attached hydrogen (secondary N) is 3. The number of hydrogen-bond acceptors (Lipinski definition) is 4. The van der Waals surface area contributed by atoms with E-state index in [0.29, 0.717) is 6.54 Å². The highest BCUT2D eigenvalue weighted by atomic mass is 16.5. The fourth-order valence-corrected chi connectivity index (χ4v) is 3.26. The molecule has 0 radical (unpaired) electrons. The number of aryl methyl sites for hydroxylation is 2. The summed E-state index contributed by atoms with van der Waals surface area (Å²) in [5.41, 5.74) is 3.75. The number of aromatic nitrogens is 4. The fraction of sp³-hybridized carbons (Fsp3) is 0.500. The quantitative estimate of drug-likeness (QED) is 0.271. The van der Waals surface area contributed by atoms with Crippen molar-refractivity contribution in [2.45, 2.75) is 40.2 Å². The maximum absolute atomic E-state index is 5.42. The topological polar surface area (TPSA) is 92.2 Å². The maximum atomic E-state index is 5.42. The molecule has 0 spiro atoms. The molecule has 3 aromatic rings. The van der Waals surface area contributed by atoms with Gasteiger partial charge >= 0.3 is 0 Å².